The van der Waals surface area contributed by atoms with Crippen LogP contribution >= 0.6 is 0 Å². The highest BCUT2D eigenvalue weighted by Crippen LogP contribution is 2.18. The van der Waals surface area contributed by atoms with Crippen LogP contribution in [0.15, 0.2) is 34.7 Å². The lowest BCUT2D eigenvalue weighted by atomic mass is 10.1. The van der Waals surface area contributed by atoms with E-state index < -0.39 is 0 Å². The second kappa shape index (κ2) is 6.78. The van der Waals surface area contributed by atoms with E-state index in [-0.39, 0.29) is 12.5 Å². The van der Waals surface area contributed by atoms with Crippen LogP contribution < -0.4 is 5.32 Å². The molecule has 0 aliphatic rings. The molecule has 1 aromatic heterocycles. The fourth-order valence-corrected chi connectivity index (χ4v) is 1.90. The van der Waals surface area contributed by atoms with Crippen molar-refractivity contribution < 1.29 is 14.3 Å². The van der Waals surface area contributed by atoms with Crippen molar-refractivity contribution in [1.29, 1.82) is 0 Å². The average molecular weight is 283 g/mol. The molecule has 21 heavy (non-hydrogen) atoms. The molecule has 4 heteroatoms. The molecule has 4 nitrogen and oxygen atoms in total. The molecule has 1 amide bonds. The van der Waals surface area contributed by atoms with Gasteiger partial charge in [-0.1, -0.05) is 18.8 Å². The quantitative estimate of drug-likeness (QED) is 0.851. The Morgan fingerprint density at radius 3 is 2.76 bits per heavy atom. The normalized spacial score (nSPS) is 9.86. The highest BCUT2D eigenvalue weighted by atomic mass is 16.3. The molecule has 0 aliphatic heterocycles. The Hall–Kier alpha value is -2.51. The molecule has 0 radical (unpaired) electrons. The summed E-state index contributed by atoms with van der Waals surface area (Å²) in [6.07, 6.45) is 0.754. The molecule has 2 aromatic rings. The molecular formula is C17H17NO3. The summed E-state index contributed by atoms with van der Waals surface area (Å²) in [7, 11) is 0. The maximum Gasteiger partial charge on any atom is 0.291 e. The number of carbonyl (C=O) groups is 1. The van der Waals surface area contributed by atoms with Crippen LogP contribution in [0.3, 0.4) is 0 Å². The van der Waals surface area contributed by atoms with Gasteiger partial charge in [0.05, 0.1) is 0 Å². The molecule has 0 bridgehead atoms. The number of aliphatic hydroxyl groups is 1. The van der Waals surface area contributed by atoms with E-state index >= 15 is 0 Å². The minimum absolute atomic E-state index is 0.171. The second-order valence-electron chi connectivity index (χ2n) is 4.56. The number of amides is 1. The minimum Gasteiger partial charge on any atom is -0.456 e. The lowest BCUT2D eigenvalue weighted by Gasteiger charge is -2.07. The van der Waals surface area contributed by atoms with Gasteiger partial charge in [-0.3, -0.25) is 4.79 Å². The summed E-state index contributed by atoms with van der Waals surface area (Å²) in [6, 6.07) is 8.92. The largest absolute Gasteiger partial charge is 0.456 e. The second-order valence-corrected chi connectivity index (χ2v) is 4.56. The Labute approximate surface area is 123 Å². The van der Waals surface area contributed by atoms with E-state index in [0.29, 0.717) is 11.4 Å². The Bertz CT molecular complexity index is 704. The monoisotopic (exact) mass is 283 g/mol. The number of aliphatic hydroxyl groups excluding tert-OH is 1. The summed E-state index contributed by atoms with van der Waals surface area (Å²) in [5.41, 5.74) is 2.41. The van der Waals surface area contributed by atoms with E-state index in [9.17, 15) is 4.79 Å². The number of furan rings is 1. The van der Waals surface area contributed by atoms with Gasteiger partial charge in [0.15, 0.2) is 5.76 Å². The zero-order chi connectivity index (χ0) is 15.2. The molecule has 0 spiro atoms. The molecule has 0 saturated heterocycles. The number of aryl methyl sites for hydroxylation is 2. The van der Waals surface area contributed by atoms with Crippen LogP contribution in [0.5, 0.6) is 0 Å². The van der Waals surface area contributed by atoms with Crippen LogP contribution in [-0.4, -0.2) is 17.6 Å². The van der Waals surface area contributed by atoms with Crippen molar-refractivity contribution in [3.05, 3.63) is 53.0 Å². The molecule has 0 aliphatic carbocycles. The number of rotatable bonds is 3. The molecule has 1 heterocycles. The van der Waals surface area contributed by atoms with E-state index in [1.165, 1.54) is 0 Å². The summed E-state index contributed by atoms with van der Waals surface area (Å²) in [5, 5.41) is 11.5. The van der Waals surface area contributed by atoms with Gasteiger partial charge in [0.25, 0.3) is 5.91 Å². The maximum absolute atomic E-state index is 12.1. The third-order valence-electron chi connectivity index (χ3n) is 3.02. The fourth-order valence-electron chi connectivity index (χ4n) is 1.90. The van der Waals surface area contributed by atoms with Crippen LogP contribution in [0.4, 0.5) is 5.69 Å². The van der Waals surface area contributed by atoms with Crippen molar-refractivity contribution in [2.45, 2.75) is 20.3 Å². The Kier molecular flexibility index (Phi) is 4.81. The maximum atomic E-state index is 12.1. The number of nitrogens with one attached hydrogen (secondary N) is 1. The summed E-state index contributed by atoms with van der Waals surface area (Å²) >= 11 is 0. The first-order valence-corrected chi connectivity index (χ1v) is 6.74. The van der Waals surface area contributed by atoms with Crippen LogP contribution in [0.2, 0.25) is 0 Å². The van der Waals surface area contributed by atoms with E-state index in [2.05, 4.69) is 17.2 Å². The number of benzene rings is 1. The summed E-state index contributed by atoms with van der Waals surface area (Å²) in [6.45, 7) is 3.69. The van der Waals surface area contributed by atoms with Crippen molar-refractivity contribution in [2.24, 2.45) is 0 Å². The van der Waals surface area contributed by atoms with Crippen molar-refractivity contribution in [1.82, 2.24) is 0 Å². The lowest BCUT2D eigenvalue weighted by molar-refractivity contribution is 0.0995. The van der Waals surface area contributed by atoms with Crippen LogP contribution in [0.1, 0.15) is 34.4 Å². The van der Waals surface area contributed by atoms with Gasteiger partial charge in [0.2, 0.25) is 0 Å². The van der Waals surface area contributed by atoms with E-state index in [1.54, 1.807) is 24.3 Å². The number of anilines is 1. The van der Waals surface area contributed by atoms with Gasteiger partial charge in [0, 0.05) is 17.7 Å². The molecular weight excluding hydrogens is 266 g/mol. The summed E-state index contributed by atoms with van der Waals surface area (Å²) < 4.78 is 5.42. The Morgan fingerprint density at radius 2 is 2.14 bits per heavy atom. The Morgan fingerprint density at radius 1 is 1.33 bits per heavy atom. The van der Waals surface area contributed by atoms with Crippen LogP contribution in [0, 0.1) is 18.8 Å². The predicted molar refractivity (Wildman–Crippen MR) is 81.2 cm³/mol. The van der Waals surface area contributed by atoms with E-state index in [0.717, 1.165) is 23.3 Å². The van der Waals surface area contributed by atoms with E-state index in [1.807, 2.05) is 19.9 Å². The first-order chi connectivity index (χ1) is 10.1. The van der Waals surface area contributed by atoms with Gasteiger partial charge in [0.1, 0.15) is 12.4 Å². The molecule has 2 rings (SSSR count). The number of carbonyl (C=O) groups excluding carboxylic acids is 1. The predicted octanol–water partition coefficient (Wildman–Crippen LogP) is 2.75. The summed E-state index contributed by atoms with van der Waals surface area (Å²) in [5.74, 6) is 6.23. The molecule has 108 valence electrons. The zero-order valence-electron chi connectivity index (χ0n) is 12.1. The van der Waals surface area contributed by atoms with Crippen LogP contribution in [-0.2, 0) is 6.42 Å². The highest BCUT2D eigenvalue weighted by Gasteiger charge is 2.12. The van der Waals surface area contributed by atoms with Crippen molar-refractivity contribution >= 4 is 11.6 Å². The van der Waals surface area contributed by atoms with Crippen molar-refractivity contribution in [3.8, 4) is 11.8 Å². The standard InChI is InChI=1S/C17H17NO3/c1-3-14-7-9-16(21-14)17(20)18-15-8-6-13(5-4-10-19)11-12(15)2/h6-9,11,19H,3,10H2,1-2H3,(H,18,20). The van der Waals surface area contributed by atoms with Gasteiger partial charge >= 0.3 is 0 Å². The van der Waals surface area contributed by atoms with Gasteiger partial charge in [-0.25, -0.2) is 0 Å². The molecule has 0 unspecified atom stereocenters. The number of hydrogen-bond acceptors (Lipinski definition) is 3. The topological polar surface area (TPSA) is 62.5 Å². The minimum atomic E-state index is -0.271. The third-order valence-corrected chi connectivity index (χ3v) is 3.02. The first-order valence-electron chi connectivity index (χ1n) is 6.74. The smallest absolute Gasteiger partial charge is 0.291 e. The Balaban J connectivity index is 2.14. The van der Waals surface area contributed by atoms with E-state index in [4.69, 9.17) is 9.52 Å². The number of hydrogen-bond donors (Lipinski definition) is 2. The van der Waals surface area contributed by atoms with Crippen molar-refractivity contribution in [2.75, 3.05) is 11.9 Å². The average Bonchev–Trinajstić information content (AvgIpc) is 2.96. The third kappa shape index (κ3) is 3.74. The fraction of sp³-hybridized carbons (Fsp3) is 0.235. The van der Waals surface area contributed by atoms with Gasteiger partial charge in [-0.15, -0.1) is 0 Å². The van der Waals surface area contributed by atoms with Crippen molar-refractivity contribution in [3.63, 3.8) is 0 Å². The molecule has 0 atom stereocenters. The first kappa shape index (κ1) is 14.9. The zero-order valence-corrected chi connectivity index (χ0v) is 12.1. The molecule has 0 fully saturated rings. The molecule has 0 saturated carbocycles. The van der Waals surface area contributed by atoms with Crippen LogP contribution in [0.25, 0.3) is 0 Å². The molecule has 1 aromatic carbocycles. The highest BCUT2D eigenvalue weighted by molar-refractivity contribution is 6.02. The summed E-state index contributed by atoms with van der Waals surface area (Å²) in [4.78, 5) is 12.1. The van der Waals surface area contributed by atoms with Gasteiger partial charge in [-0.2, -0.15) is 0 Å². The lowest BCUT2D eigenvalue weighted by Crippen LogP contribution is -2.11. The molecule has 2 N–H and O–H groups in total. The SMILES string of the molecule is CCc1ccc(C(=O)Nc2ccc(C#CCO)cc2C)o1. The van der Waals surface area contributed by atoms with Gasteiger partial charge in [-0.05, 0) is 42.8 Å². The van der Waals surface area contributed by atoms with Gasteiger partial charge < -0.3 is 14.8 Å².